The predicted molar refractivity (Wildman–Crippen MR) is 78.2 cm³/mol. The van der Waals surface area contributed by atoms with Crippen molar-refractivity contribution >= 4 is 11.8 Å². The van der Waals surface area contributed by atoms with Crippen LogP contribution in [0.3, 0.4) is 0 Å². The van der Waals surface area contributed by atoms with Crippen LogP contribution in [-0.4, -0.2) is 36.3 Å². The lowest BCUT2D eigenvalue weighted by molar-refractivity contribution is -0.0932. The van der Waals surface area contributed by atoms with Crippen molar-refractivity contribution in [3.8, 4) is 0 Å². The molecule has 2 nitrogen and oxygen atoms in total. The summed E-state index contributed by atoms with van der Waals surface area (Å²) in [7, 11) is 0. The summed E-state index contributed by atoms with van der Waals surface area (Å²) >= 11 is 2.10. The van der Waals surface area contributed by atoms with E-state index in [0.717, 1.165) is 18.6 Å². The van der Waals surface area contributed by atoms with Crippen LogP contribution in [0.25, 0.3) is 0 Å². The standard InChI is InChI=1S/C15H27NOS/c1-2-13(3-1)4-8-16-14-5-9-17-15(12-14)6-10-18-11-7-15/h13-14,16H,1-12H2. The van der Waals surface area contributed by atoms with Gasteiger partial charge in [-0.2, -0.15) is 11.8 Å². The van der Waals surface area contributed by atoms with Crippen molar-refractivity contribution < 1.29 is 4.74 Å². The highest BCUT2D eigenvalue weighted by atomic mass is 32.2. The summed E-state index contributed by atoms with van der Waals surface area (Å²) in [6.45, 7) is 2.21. The highest BCUT2D eigenvalue weighted by molar-refractivity contribution is 7.99. The summed E-state index contributed by atoms with van der Waals surface area (Å²) in [6.07, 6.45) is 10.9. The van der Waals surface area contributed by atoms with Crippen LogP contribution in [0.5, 0.6) is 0 Å². The SMILES string of the molecule is C1CC(CCNC2CCOC3(CCSCC3)C2)C1. The maximum atomic E-state index is 6.14. The van der Waals surface area contributed by atoms with Crippen molar-refractivity contribution in [2.75, 3.05) is 24.7 Å². The smallest absolute Gasteiger partial charge is 0.0713 e. The molecule has 1 atom stereocenters. The van der Waals surface area contributed by atoms with Gasteiger partial charge >= 0.3 is 0 Å². The largest absolute Gasteiger partial charge is 0.375 e. The fourth-order valence-corrected chi connectivity index (χ4v) is 4.80. The number of thioether (sulfide) groups is 1. The number of nitrogens with one attached hydrogen (secondary N) is 1. The number of ether oxygens (including phenoxy) is 1. The first kappa shape index (κ1) is 13.3. The third-order valence-electron chi connectivity index (χ3n) is 5.11. The van der Waals surface area contributed by atoms with Gasteiger partial charge in [0.25, 0.3) is 0 Å². The molecule has 18 heavy (non-hydrogen) atoms. The van der Waals surface area contributed by atoms with E-state index in [1.165, 1.54) is 69.4 Å². The molecule has 0 aromatic carbocycles. The molecule has 1 unspecified atom stereocenters. The van der Waals surface area contributed by atoms with E-state index in [2.05, 4.69) is 17.1 Å². The summed E-state index contributed by atoms with van der Waals surface area (Å²) in [5.74, 6) is 3.64. The Labute approximate surface area is 116 Å². The van der Waals surface area contributed by atoms with Gasteiger partial charge in [0.2, 0.25) is 0 Å². The van der Waals surface area contributed by atoms with Gasteiger partial charge in [0, 0.05) is 12.6 Å². The van der Waals surface area contributed by atoms with Crippen LogP contribution in [0.15, 0.2) is 0 Å². The summed E-state index contributed by atoms with van der Waals surface area (Å²) < 4.78 is 6.14. The molecule has 3 heteroatoms. The second kappa shape index (κ2) is 6.15. The Hall–Kier alpha value is 0.270. The zero-order valence-corrected chi connectivity index (χ0v) is 12.3. The average Bonchev–Trinajstić information content (AvgIpc) is 2.34. The maximum absolute atomic E-state index is 6.14. The van der Waals surface area contributed by atoms with Gasteiger partial charge in [0.15, 0.2) is 0 Å². The first-order valence-electron chi connectivity index (χ1n) is 7.81. The number of rotatable bonds is 4. The van der Waals surface area contributed by atoms with E-state index in [1.807, 2.05) is 0 Å². The van der Waals surface area contributed by atoms with Gasteiger partial charge in [-0.25, -0.2) is 0 Å². The van der Waals surface area contributed by atoms with E-state index < -0.39 is 0 Å². The number of hydrogen-bond acceptors (Lipinski definition) is 3. The first-order chi connectivity index (χ1) is 8.86. The van der Waals surface area contributed by atoms with Crippen LogP contribution in [0.4, 0.5) is 0 Å². The van der Waals surface area contributed by atoms with Crippen LogP contribution < -0.4 is 5.32 Å². The van der Waals surface area contributed by atoms with E-state index >= 15 is 0 Å². The molecule has 1 aliphatic carbocycles. The van der Waals surface area contributed by atoms with Gasteiger partial charge in [-0.1, -0.05) is 19.3 Å². The third-order valence-corrected chi connectivity index (χ3v) is 6.09. The molecular weight excluding hydrogens is 242 g/mol. The second-order valence-corrected chi connectivity index (χ2v) is 7.60. The van der Waals surface area contributed by atoms with Crippen molar-refractivity contribution in [1.82, 2.24) is 5.32 Å². The van der Waals surface area contributed by atoms with Gasteiger partial charge in [-0.3, -0.25) is 0 Å². The quantitative estimate of drug-likeness (QED) is 0.847. The van der Waals surface area contributed by atoms with Crippen molar-refractivity contribution in [1.29, 1.82) is 0 Å². The average molecular weight is 269 g/mol. The van der Waals surface area contributed by atoms with Crippen LogP contribution in [0, 0.1) is 5.92 Å². The molecule has 1 saturated carbocycles. The summed E-state index contributed by atoms with van der Waals surface area (Å²) in [4.78, 5) is 0. The monoisotopic (exact) mass is 269 g/mol. The summed E-state index contributed by atoms with van der Waals surface area (Å²) in [6, 6.07) is 0.724. The van der Waals surface area contributed by atoms with Crippen LogP contribution in [0.1, 0.15) is 51.4 Å². The fourth-order valence-electron chi connectivity index (χ4n) is 3.57. The summed E-state index contributed by atoms with van der Waals surface area (Å²) in [5.41, 5.74) is 0.248. The van der Waals surface area contributed by atoms with Crippen molar-refractivity contribution in [3.63, 3.8) is 0 Å². The zero-order chi connectivity index (χ0) is 12.3. The fraction of sp³-hybridized carbons (Fsp3) is 1.00. The van der Waals surface area contributed by atoms with Crippen LogP contribution in [0.2, 0.25) is 0 Å². The molecule has 3 aliphatic rings. The predicted octanol–water partition coefficient (Wildman–Crippen LogP) is 3.21. The number of hydrogen-bond donors (Lipinski definition) is 1. The Bertz CT molecular complexity index is 256. The second-order valence-electron chi connectivity index (χ2n) is 6.37. The minimum atomic E-state index is 0.248. The van der Waals surface area contributed by atoms with E-state index in [4.69, 9.17) is 4.74 Å². The maximum Gasteiger partial charge on any atom is 0.0713 e. The lowest BCUT2D eigenvalue weighted by Crippen LogP contribution is -2.49. The lowest BCUT2D eigenvalue weighted by Gasteiger charge is -2.43. The third kappa shape index (κ3) is 3.23. The van der Waals surface area contributed by atoms with Crippen molar-refractivity contribution in [3.05, 3.63) is 0 Å². The summed E-state index contributed by atoms with van der Waals surface area (Å²) in [5, 5.41) is 3.81. The van der Waals surface area contributed by atoms with Crippen LogP contribution >= 0.6 is 11.8 Å². The van der Waals surface area contributed by atoms with E-state index in [-0.39, 0.29) is 5.60 Å². The minimum Gasteiger partial charge on any atom is -0.375 e. The Morgan fingerprint density at radius 3 is 2.72 bits per heavy atom. The molecule has 0 bridgehead atoms. The molecule has 104 valence electrons. The van der Waals surface area contributed by atoms with E-state index in [1.54, 1.807) is 0 Å². The molecule has 0 aromatic rings. The molecule has 0 aromatic heterocycles. The highest BCUT2D eigenvalue weighted by Crippen LogP contribution is 2.37. The van der Waals surface area contributed by atoms with Crippen molar-refractivity contribution in [2.45, 2.75) is 63.0 Å². The molecule has 3 rings (SSSR count). The molecule has 3 fully saturated rings. The lowest BCUT2D eigenvalue weighted by atomic mass is 9.82. The topological polar surface area (TPSA) is 21.3 Å². The van der Waals surface area contributed by atoms with Gasteiger partial charge in [-0.15, -0.1) is 0 Å². The van der Waals surface area contributed by atoms with Gasteiger partial charge in [0.1, 0.15) is 0 Å². The molecule has 2 saturated heterocycles. The minimum absolute atomic E-state index is 0.248. The van der Waals surface area contributed by atoms with Crippen LogP contribution in [-0.2, 0) is 4.74 Å². The zero-order valence-electron chi connectivity index (χ0n) is 11.5. The van der Waals surface area contributed by atoms with E-state index in [9.17, 15) is 0 Å². The molecule has 1 spiro atoms. The van der Waals surface area contributed by atoms with Gasteiger partial charge < -0.3 is 10.1 Å². The Morgan fingerprint density at radius 1 is 1.17 bits per heavy atom. The Morgan fingerprint density at radius 2 is 2.00 bits per heavy atom. The molecular formula is C15H27NOS. The molecule has 0 amide bonds. The molecule has 1 N–H and O–H groups in total. The molecule has 2 heterocycles. The highest BCUT2D eigenvalue weighted by Gasteiger charge is 2.38. The Kier molecular flexibility index (Phi) is 4.53. The van der Waals surface area contributed by atoms with Gasteiger partial charge in [0.05, 0.1) is 5.60 Å². The molecule has 0 radical (unpaired) electrons. The Balaban J connectivity index is 1.41. The van der Waals surface area contributed by atoms with E-state index in [0.29, 0.717) is 0 Å². The first-order valence-corrected chi connectivity index (χ1v) is 8.97. The van der Waals surface area contributed by atoms with Gasteiger partial charge in [-0.05, 0) is 56.1 Å². The normalized spacial score (nSPS) is 32.3. The molecule has 2 aliphatic heterocycles. The van der Waals surface area contributed by atoms with Crippen molar-refractivity contribution in [2.24, 2.45) is 5.92 Å².